The average Bonchev–Trinajstić information content (AvgIpc) is 2.53. The van der Waals surface area contributed by atoms with E-state index in [2.05, 4.69) is 11.0 Å². The number of nitrogens with zero attached hydrogens (tertiary/aromatic N) is 2. The van der Waals surface area contributed by atoms with Crippen molar-refractivity contribution < 1.29 is 9.84 Å². The highest BCUT2D eigenvalue weighted by molar-refractivity contribution is 7.80. The van der Waals surface area contributed by atoms with E-state index in [9.17, 15) is 5.11 Å². The molecule has 0 saturated carbocycles. The van der Waals surface area contributed by atoms with Crippen LogP contribution in [0, 0.1) is 0 Å². The number of hydrogen-bond acceptors (Lipinski definition) is 5. The molecule has 1 saturated heterocycles. The fourth-order valence-electron chi connectivity index (χ4n) is 3.11. The molecule has 1 aromatic heterocycles. The van der Waals surface area contributed by atoms with Gasteiger partial charge >= 0.3 is 0 Å². The van der Waals surface area contributed by atoms with Gasteiger partial charge in [0.05, 0.1) is 31.4 Å². The molecule has 1 unspecified atom stereocenters. The Morgan fingerprint density at radius 2 is 2.29 bits per heavy atom. The van der Waals surface area contributed by atoms with Crippen molar-refractivity contribution in [2.75, 3.05) is 31.3 Å². The third-order valence-corrected chi connectivity index (χ3v) is 4.48. The van der Waals surface area contributed by atoms with Crippen molar-refractivity contribution in [2.45, 2.75) is 31.7 Å². The minimum atomic E-state index is -0.0824. The second kappa shape index (κ2) is 6.25. The first-order valence-electron chi connectivity index (χ1n) is 7.48. The van der Waals surface area contributed by atoms with E-state index in [-0.39, 0.29) is 12.6 Å². The van der Waals surface area contributed by atoms with Crippen LogP contribution in [-0.2, 0) is 17.6 Å². The van der Waals surface area contributed by atoms with Gasteiger partial charge in [-0.1, -0.05) is 12.2 Å². The molecule has 6 heteroatoms. The van der Waals surface area contributed by atoms with E-state index >= 15 is 0 Å². The number of nitrogens with two attached hydrogens (primary N) is 1. The largest absolute Gasteiger partial charge is 0.394 e. The number of aromatic nitrogens is 1. The lowest BCUT2D eigenvalue weighted by Crippen LogP contribution is -2.48. The zero-order chi connectivity index (χ0) is 14.8. The maximum absolute atomic E-state index is 9.58. The predicted octanol–water partition coefficient (Wildman–Crippen LogP) is 0.792. The first-order chi connectivity index (χ1) is 10.2. The maximum atomic E-state index is 9.58. The molecule has 1 aliphatic carbocycles. The van der Waals surface area contributed by atoms with Crippen LogP contribution in [0.15, 0.2) is 6.07 Å². The van der Waals surface area contributed by atoms with Crippen LogP contribution in [0.1, 0.15) is 29.7 Å². The monoisotopic (exact) mass is 307 g/mol. The molecule has 3 N–H and O–H groups in total. The van der Waals surface area contributed by atoms with E-state index in [0.717, 1.165) is 29.9 Å². The fourth-order valence-corrected chi connectivity index (χ4v) is 3.26. The minimum absolute atomic E-state index is 0.0372. The standard InChI is InChI=1S/C15H21N3O2S/c16-14(21)12-7-10-3-1-2-4-13(10)17-15(12)18-5-6-20-9-11(18)8-19/h7,11,19H,1-6,8-9H2,(H2,16,21). The molecule has 1 atom stereocenters. The van der Waals surface area contributed by atoms with Crippen molar-refractivity contribution in [1.82, 2.24) is 4.98 Å². The van der Waals surface area contributed by atoms with E-state index in [0.29, 0.717) is 24.7 Å². The number of aliphatic hydroxyl groups is 1. The van der Waals surface area contributed by atoms with Gasteiger partial charge in [0.1, 0.15) is 10.8 Å². The predicted molar refractivity (Wildman–Crippen MR) is 85.8 cm³/mol. The van der Waals surface area contributed by atoms with Gasteiger partial charge in [-0.2, -0.15) is 0 Å². The minimum Gasteiger partial charge on any atom is -0.394 e. The van der Waals surface area contributed by atoms with Crippen LogP contribution in [0.3, 0.4) is 0 Å². The quantitative estimate of drug-likeness (QED) is 0.805. The van der Waals surface area contributed by atoms with Crippen LogP contribution >= 0.6 is 12.2 Å². The summed E-state index contributed by atoms with van der Waals surface area (Å²) < 4.78 is 5.44. The zero-order valence-corrected chi connectivity index (χ0v) is 12.9. The van der Waals surface area contributed by atoms with Crippen LogP contribution < -0.4 is 10.6 Å². The molecule has 2 aliphatic rings. The highest BCUT2D eigenvalue weighted by Crippen LogP contribution is 2.28. The third kappa shape index (κ3) is 2.88. The van der Waals surface area contributed by atoms with Gasteiger partial charge in [0, 0.05) is 12.2 Å². The zero-order valence-electron chi connectivity index (χ0n) is 12.0. The molecule has 1 fully saturated rings. The summed E-state index contributed by atoms with van der Waals surface area (Å²) in [6, 6.07) is 2.02. The lowest BCUT2D eigenvalue weighted by atomic mass is 9.94. The van der Waals surface area contributed by atoms with Crippen LogP contribution in [-0.4, -0.2) is 47.5 Å². The van der Waals surface area contributed by atoms with Crippen molar-refractivity contribution >= 4 is 23.0 Å². The number of rotatable bonds is 3. The van der Waals surface area contributed by atoms with Crippen LogP contribution in [0.5, 0.6) is 0 Å². The summed E-state index contributed by atoms with van der Waals surface area (Å²) in [6.45, 7) is 1.88. The summed E-state index contributed by atoms with van der Waals surface area (Å²) in [5.74, 6) is 0.811. The Morgan fingerprint density at radius 3 is 3.05 bits per heavy atom. The molecule has 1 aliphatic heterocycles. The number of pyridine rings is 1. The van der Waals surface area contributed by atoms with Crippen molar-refractivity contribution in [2.24, 2.45) is 5.73 Å². The summed E-state index contributed by atoms with van der Waals surface area (Å²) in [6.07, 6.45) is 4.43. The number of morpholine rings is 1. The first kappa shape index (κ1) is 14.7. The lowest BCUT2D eigenvalue weighted by molar-refractivity contribution is 0.0722. The highest BCUT2D eigenvalue weighted by atomic mass is 32.1. The summed E-state index contributed by atoms with van der Waals surface area (Å²) >= 11 is 5.22. The van der Waals surface area contributed by atoms with E-state index in [1.807, 2.05) is 0 Å². The van der Waals surface area contributed by atoms with Crippen molar-refractivity contribution in [3.05, 3.63) is 22.9 Å². The van der Waals surface area contributed by atoms with E-state index < -0.39 is 0 Å². The molecule has 2 heterocycles. The summed E-state index contributed by atoms with van der Waals surface area (Å²) in [5, 5.41) is 9.58. The average molecular weight is 307 g/mol. The Kier molecular flexibility index (Phi) is 4.37. The molecule has 3 rings (SSSR count). The number of anilines is 1. The second-order valence-electron chi connectivity index (χ2n) is 5.64. The fraction of sp³-hybridized carbons (Fsp3) is 0.600. The molecular formula is C15H21N3O2S. The van der Waals surface area contributed by atoms with E-state index in [1.54, 1.807) is 0 Å². The van der Waals surface area contributed by atoms with Crippen molar-refractivity contribution in [3.63, 3.8) is 0 Å². The lowest BCUT2D eigenvalue weighted by Gasteiger charge is -2.37. The van der Waals surface area contributed by atoms with Crippen LogP contribution in [0.2, 0.25) is 0 Å². The third-order valence-electron chi connectivity index (χ3n) is 4.26. The van der Waals surface area contributed by atoms with Crippen molar-refractivity contribution in [1.29, 1.82) is 0 Å². The van der Waals surface area contributed by atoms with Gasteiger partial charge in [-0.15, -0.1) is 0 Å². The molecule has 0 amide bonds. The van der Waals surface area contributed by atoms with Gasteiger partial charge in [-0.25, -0.2) is 4.98 Å². The topological polar surface area (TPSA) is 71.6 Å². The Bertz CT molecular complexity index is 550. The maximum Gasteiger partial charge on any atom is 0.139 e. The van der Waals surface area contributed by atoms with Crippen LogP contribution in [0.25, 0.3) is 0 Å². The second-order valence-corrected chi connectivity index (χ2v) is 6.08. The van der Waals surface area contributed by atoms with E-state index in [1.165, 1.54) is 18.4 Å². The Hall–Kier alpha value is -1.24. The van der Waals surface area contributed by atoms with Gasteiger partial charge in [0.2, 0.25) is 0 Å². The number of aliphatic hydroxyl groups excluding tert-OH is 1. The molecular weight excluding hydrogens is 286 g/mol. The summed E-state index contributed by atoms with van der Waals surface area (Å²) in [7, 11) is 0. The Morgan fingerprint density at radius 1 is 1.48 bits per heavy atom. The molecule has 0 bridgehead atoms. The summed E-state index contributed by atoms with van der Waals surface area (Å²) in [5.41, 5.74) is 9.15. The molecule has 0 spiro atoms. The number of aryl methyl sites for hydroxylation is 2. The van der Waals surface area contributed by atoms with Gasteiger partial charge in [-0.3, -0.25) is 0 Å². The molecule has 0 radical (unpaired) electrons. The smallest absolute Gasteiger partial charge is 0.139 e. The number of fused-ring (bicyclic) bond motifs is 1. The number of thiocarbonyl (C=S) groups is 1. The normalized spacial score (nSPS) is 22.0. The van der Waals surface area contributed by atoms with Gasteiger partial charge < -0.3 is 20.5 Å². The van der Waals surface area contributed by atoms with Crippen LogP contribution in [0.4, 0.5) is 5.82 Å². The Labute approximate surface area is 130 Å². The summed E-state index contributed by atoms with van der Waals surface area (Å²) in [4.78, 5) is 7.31. The molecule has 21 heavy (non-hydrogen) atoms. The molecule has 0 aromatic carbocycles. The van der Waals surface area contributed by atoms with E-state index in [4.69, 9.17) is 27.7 Å². The first-order valence-corrected chi connectivity index (χ1v) is 7.89. The van der Waals surface area contributed by atoms with Gasteiger partial charge in [0.15, 0.2) is 0 Å². The molecule has 114 valence electrons. The van der Waals surface area contributed by atoms with Gasteiger partial charge in [0.25, 0.3) is 0 Å². The molecule has 5 nitrogen and oxygen atoms in total. The number of ether oxygens (including phenoxy) is 1. The Balaban J connectivity index is 2.04. The highest BCUT2D eigenvalue weighted by Gasteiger charge is 2.27. The SMILES string of the molecule is NC(=S)c1cc2c(nc1N1CCOCC1CO)CCCC2. The van der Waals surface area contributed by atoms with Crippen molar-refractivity contribution in [3.8, 4) is 0 Å². The molecule has 1 aromatic rings. The number of hydrogen-bond donors (Lipinski definition) is 2. The van der Waals surface area contributed by atoms with Gasteiger partial charge in [-0.05, 0) is 37.3 Å².